The third kappa shape index (κ3) is 2.53. The summed E-state index contributed by atoms with van der Waals surface area (Å²) in [6.45, 7) is 1.94. The Balaban J connectivity index is 1.96. The normalized spacial score (nSPS) is 10.7. The molecule has 0 spiro atoms. The quantitative estimate of drug-likeness (QED) is 0.582. The summed E-state index contributed by atoms with van der Waals surface area (Å²) < 4.78 is 0. The van der Waals surface area contributed by atoms with Crippen LogP contribution in [0.4, 0.5) is 5.69 Å². The highest BCUT2D eigenvalue weighted by Crippen LogP contribution is 2.26. The van der Waals surface area contributed by atoms with Crippen LogP contribution in [-0.2, 0) is 0 Å². The zero-order chi connectivity index (χ0) is 15.0. The maximum atomic E-state index is 12.2. The first-order valence-electron chi connectivity index (χ1n) is 6.45. The molecule has 5 heteroatoms. The number of phenolic OH excluding ortho intramolecular Hbond substituents is 2. The number of benzene rings is 2. The van der Waals surface area contributed by atoms with E-state index in [9.17, 15) is 15.0 Å². The van der Waals surface area contributed by atoms with Crippen LogP contribution in [0.2, 0.25) is 0 Å². The van der Waals surface area contributed by atoms with Crippen molar-refractivity contribution in [3.8, 4) is 11.5 Å². The SMILES string of the molecule is Cc1cc2c(NC(=O)c3cc(O)cc(O)c3)cccc2[nH]1. The van der Waals surface area contributed by atoms with E-state index >= 15 is 0 Å². The van der Waals surface area contributed by atoms with Gasteiger partial charge in [0.1, 0.15) is 11.5 Å². The van der Waals surface area contributed by atoms with Gasteiger partial charge in [-0.25, -0.2) is 0 Å². The van der Waals surface area contributed by atoms with E-state index in [0.29, 0.717) is 5.69 Å². The molecule has 3 aromatic rings. The molecule has 1 amide bonds. The minimum absolute atomic E-state index is 0.157. The van der Waals surface area contributed by atoms with Gasteiger partial charge in [-0.15, -0.1) is 0 Å². The molecule has 0 saturated carbocycles. The highest BCUT2D eigenvalue weighted by Gasteiger charge is 2.11. The van der Waals surface area contributed by atoms with Crippen molar-refractivity contribution in [3.63, 3.8) is 0 Å². The third-order valence-electron chi connectivity index (χ3n) is 3.21. The predicted molar refractivity (Wildman–Crippen MR) is 80.8 cm³/mol. The molecule has 0 bridgehead atoms. The number of hydrogen-bond donors (Lipinski definition) is 4. The Morgan fingerprint density at radius 2 is 1.81 bits per heavy atom. The van der Waals surface area contributed by atoms with Gasteiger partial charge in [0.05, 0.1) is 5.69 Å². The minimum atomic E-state index is -0.396. The first kappa shape index (κ1) is 13.1. The topological polar surface area (TPSA) is 85.3 Å². The summed E-state index contributed by atoms with van der Waals surface area (Å²) >= 11 is 0. The lowest BCUT2D eigenvalue weighted by molar-refractivity contribution is 0.102. The summed E-state index contributed by atoms with van der Waals surface area (Å²) in [6, 6.07) is 11.3. The van der Waals surface area contributed by atoms with Gasteiger partial charge >= 0.3 is 0 Å². The summed E-state index contributed by atoms with van der Waals surface area (Å²) in [5, 5.41) is 22.6. The standard InChI is InChI=1S/C16H14N2O3/c1-9-5-13-14(17-9)3-2-4-15(13)18-16(21)10-6-11(19)8-12(20)7-10/h2-8,17,19-20H,1H3,(H,18,21). The second-order valence-corrected chi connectivity index (χ2v) is 4.91. The Morgan fingerprint density at radius 1 is 1.10 bits per heavy atom. The van der Waals surface area contributed by atoms with Crippen LogP contribution in [-0.4, -0.2) is 21.1 Å². The number of hydrogen-bond acceptors (Lipinski definition) is 3. The van der Waals surface area contributed by atoms with E-state index in [4.69, 9.17) is 0 Å². The maximum absolute atomic E-state index is 12.2. The molecular formula is C16H14N2O3. The summed E-state index contributed by atoms with van der Waals surface area (Å²) in [4.78, 5) is 15.4. The van der Waals surface area contributed by atoms with E-state index in [2.05, 4.69) is 10.3 Å². The van der Waals surface area contributed by atoms with Crippen LogP contribution in [0.15, 0.2) is 42.5 Å². The van der Waals surface area contributed by atoms with E-state index in [-0.39, 0.29) is 17.1 Å². The Morgan fingerprint density at radius 3 is 2.52 bits per heavy atom. The number of carbonyl (C=O) groups excluding carboxylic acids is 1. The van der Waals surface area contributed by atoms with Crippen LogP contribution < -0.4 is 5.32 Å². The molecule has 0 aliphatic heterocycles. The Hall–Kier alpha value is -2.95. The predicted octanol–water partition coefficient (Wildman–Crippen LogP) is 3.14. The summed E-state index contributed by atoms with van der Waals surface area (Å²) in [7, 11) is 0. The molecule has 21 heavy (non-hydrogen) atoms. The summed E-state index contributed by atoms with van der Waals surface area (Å²) in [5.74, 6) is -0.709. The largest absolute Gasteiger partial charge is 0.508 e. The van der Waals surface area contributed by atoms with Crippen molar-refractivity contribution < 1.29 is 15.0 Å². The smallest absolute Gasteiger partial charge is 0.255 e. The summed E-state index contributed by atoms with van der Waals surface area (Å²) in [6.07, 6.45) is 0. The molecule has 0 unspecified atom stereocenters. The van der Waals surface area contributed by atoms with Gasteiger partial charge in [0.25, 0.3) is 5.91 Å². The number of aromatic nitrogens is 1. The maximum Gasteiger partial charge on any atom is 0.255 e. The van der Waals surface area contributed by atoms with Crippen molar-refractivity contribution in [1.82, 2.24) is 4.98 Å². The van der Waals surface area contributed by atoms with Crippen LogP contribution >= 0.6 is 0 Å². The van der Waals surface area contributed by atoms with Crippen LogP contribution in [0.5, 0.6) is 11.5 Å². The highest BCUT2D eigenvalue weighted by molar-refractivity contribution is 6.09. The zero-order valence-corrected chi connectivity index (χ0v) is 11.3. The monoisotopic (exact) mass is 282 g/mol. The van der Waals surface area contributed by atoms with Gasteiger partial charge < -0.3 is 20.5 Å². The number of aryl methyl sites for hydroxylation is 1. The van der Waals surface area contributed by atoms with Gasteiger partial charge in [0.2, 0.25) is 0 Å². The number of amides is 1. The van der Waals surface area contributed by atoms with Crippen molar-refractivity contribution in [2.75, 3.05) is 5.32 Å². The van der Waals surface area contributed by atoms with Crippen LogP contribution in [0.25, 0.3) is 10.9 Å². The molecule has 1 heterocycles. The molecule has 0 fully saturated rings. The lowest BCUT2D eigenvalue weighted by Crippen LogP contribution is -2.11. The lowest BCUT2D eigenvalue weighted by Gasteiger charge is -2.07. The minimum Gasteiger partial charge on any atom is -0.508 e. The van der Waals surface area contributed by atoms with Gasteiger partial charge in [0, 0.05) is 28.2 Å². The van der Waals surface area contributed by atoms with Crippen molar-refractivity contribution in [1.29, 1.82) is 0 Å². The van der Waals surface area contributed by atoms with E-state index < -0.39 is 5.91 Å². The molecule has 5 nitrogen and oxygen atoms in total. The second-order valence-electron chi connectivity index (χ2n) is 4.91. The molecule has 0 radical (unpaired) electrons. The number of aromatic hydroxyl groups is 2. The number of carbonyl (C=O) groups is 1. The third-order valence-corrected chi connectivity index (χ3v) is 3.21. The molecule has 106 valence electrons. The van der Waals surface area contributed by atoms with Gasteiger partial charge in [-0.3, -0.25) is 4.79 Å². The van der Waals surface area contributed by atoms with E-state index in [0.717, 1.165) is 16.6 Å². The molecule has 0 aliphatic rings. The number of phenols is 2. The van der Waals surface area contributed by atoms with Crippen molar-refractivity contribution in [3.05, 3.63) is 53.7 Å². The molecule has 0 atom stereocenters. The Kier molecular flexibility index (Phi) is 3.02. The fourth-order valence-electron chi connectivity index (χ4n) is 2.32. The van der Waals surface area contributed by atoms with Crippen molar-refractivity contribution in [2.24, 2.45) is 0 Å². The molecule has 4 N–H and O–H groups in total. The van der Waals surface area contributed by atoms with Crippen LogP contribution in [0.3, 0.4) is 0 Å². The Labute approximate surface area is 120 Å². The Bertz CT molecular complexity index is 816. The zero-order valence-electron chi connectivity index (χ0n) is 11.3. The van der Waals surface area contributed by atoms with Crippen molar-refractivity contribution in [2.45, 2.75) is 6.92 Å². The molecule has 3 rings (SSSR count). The lowest BCUT2D eigenvalue weighted by atomic mass is 10.1. The second kappa shape index (κ2) is 4.86. The van der Waals surface area contributed by atoms with Gasteiger partial charge in [-0.1, -0.05) is 6.07 Å². The van der Waals surface area contributed by atoms with E-state index in [1.165, 1.54) is 18.2 Å². The number of anilines is 1. The van der Waals surface area contributed by atoms with Gasteiger partial charge in [0.15, 0.2) is 0 Å². The fraction of sp³-hybridized carbons (Fsp3) is 0.0625. The molecule has 0 saturated heterocycles. The summed E-state index contributed by atoms with van der Waals surface area (Å²) in [5.41, 5.74) is 2.80. The average molecular weight is 282 g/mol. The van der Waals surface area contributed by atoms with Gasteiger partial charge in [-0.2, -0.15) is 0 Å². The number of nitrogens with one attached hydrogen (secondary N) is 2. The van der Waals surface area contributed by atoms with Crippen LogP contribution in [0.1, 0.15) is 16.1 Å². The van der Waals surface area contributed by atoms with Crippen molar-refractivity contribution >= 4 is 22.5 Å². The number of rotatable bonds is 2. The van der Waals surface area contributed by atoms with Gasteiger partial charge in [-0.05, 0) is 37.3 Å². The fourth-order valence-corrected chi connectivity index (χ4v) is 2.32. The molecule has 1 aromatic heterocycles. The average Bonchev–Trinajstić information content (AvgIpc) is 2.79. The molecule has 0 aliphatic carbocycles. The van der Waals surface area contributed by atoms with E-state index in [1.807, 2.05) is 25.1 Å². The highest BCUT2D eigenvalue weighted by atomic mass is 16.3. The number of H-pyrrole nitrogens is 1. The molecular weight excluding hydrogens is 268 g/mol. The first-order valence-corrected chi connectivity index (χ1v) is 6.45. The molecule has 2 aromatic carbocycles. The van der Waals surface area contributed by atoms with E-state index in [1.54, 1.807) is 6.07 Å². The first-order chi connectivity index (χ1) is 10.0. The number of aromatic amines is 1. The number of fused-ring (bicyclic) bond motifs is 1. The van der Waals surface area contributed by atoms with Crippen LogP contribution in [0, 0.1) is 6.92 Å².